The lowest BCUT2D eigenvalue weighted by Crippen LogP contribution is -2.39. The zero-order chi connectivity index (χ0) is 26.8. The van der Waals surface area contributed by atoms with E-state index in [1.165, 1.54) is 5.56 Å². The van der Waals surface area contributed by atoms with Crippen molar-refractivity contribution in [2.45, 2.75) is 68.9 Å². The highest BCUT2D eigenvalue weighted by molar-refractivity contribution is 7.93. The SMILES string of the molecule is CC(C)c1cc(C(C)C)c(S(=O)(=O)C(c2ccccc2)(c2ccccc2)c2ccccc2)c(C(C)C)c1. The average Bonchev–Trinajstić information content (AvgIpc) is 2.90. The minimum atomic E-state index is -4.02. The molecule has 0 saturated heterocycles. The summed E-state index contributed by atoms with van der Waals surface area (Å²) in [5, 5.41) is 0. The minimum Gasteiger partial charge on any atom is -0.222 e. The van der Waals surface area contributed by atoms with E-state index in [0.29, 0.717) is 10.8 Å². The van der Waals surface area contributed by atoms with Crippen LogP contribution < -0.4 is 0 Å². The highest BCUT2D eigenvalue weighted by Gasteiger charge is 2.51. The third-order valence-electron chi connectivity index (χ3n) is 7.29. The fourth-order valence-corrected chi connectivity index (χ4v) is 8.19. The van der Waals surface area contributed by atoms with Crippen molar-refractivity contribution in [2.24, 2.45) is 0 Å². The maximum absolute atomic E-state index is 15.6. The fourth-order valence-electron chi connectivity index (χ4n) is 5.34. The molecule has 0 amide bonds. The first kappa shape index (κ1) is 26.9. The maximum atomic E-state index is 15.6. The molecule has 0 atom stereocenters. The molecule has 0 spiro atoms. The normalized spacial score (nSPS) is 12.5. The minimum absolute atomic E-state index is 0.0426. The van der Waals surface area contributed by atoms with E-state index in [4.69, 9.17) is 0 Å². The fraction of sp³-hybridized carbons (Fsp3) is 0.294. The maximum Gasteiger partial charge on any atom is 0.197 e. The first-order chi connectivity index (χ1) is 17.6. The molecule has 0 aromatic heterocycles. The topological polar surface area (TPSA) is 34.1 Å². The summed E-state index contributed by atoms with van der Waals surface area (Å²) in [6, 6.07) is 33.3. The number of hydrogen-bond donors (Lipinski definition) is 0. The van der Waals surface area contributed by atoms with Crippen LogP contribution in [-0.4, -0.2) is 8.42 Å². The van der Waals surface area contributed by atoms with Crippen LogP contribution in [0, 0.1) is 0 Å². The van der Waals surface area contributed by atoms with Gasteiger partial charge < -0.3 is 0 Å². The van der Waals surface area contributed by atoms with Gasteiger partial charge in [0.2, 0.25) is 0 Å². The summed E-state index contributed by atoms with van der Waals surface area (Å²) in [6.07, 6.45) is 0. The quantitative estimate of drug-likeness (QED) is 0.222. The lowest BCUT2D eigenvalue weighted by molar-refractivity contribution is 0.567. The highest BCUT2D eigenvalue weighted by atomic mass is 32.2. The van der Waals surface area contributed by atoms with E-state index in [0.717, 1.165) is 27.8 Å². The standard InChI is InChI=1S/C34H38O2S/c1-24(2)27-22-31(25(3)4)33(32(23-27)26(5)6)37(35,36)34(28-16-10-7-11-17-28,29-18-12-8-13-19-29)30-20-14-9-15-21-30/h7-26H,1-6H3. The first-order valence-electron chi connectivity index (χ1n) is 13.2. The molecule has 0 radical (unpaired) electrons. The Labute approximate surface area is 223 Å². The Balaban J connectivity index is 2.25. The van der Waals surface area contributed by atoms with Gasteiger partial charge in [-0.3, -0.25) is 0 Å². The van der Waals surface area contributed by atoms with Gasteiger partial charge in [-0.1, -0.05) is 145 Å². The van der Waals surface area contributed by atoms with Gasteiger partial charge in [-0.25, -0.2) is 8.42 Å². The molecule has 0 bridgehead atoms. The molecule has 0 unspecified atom stereocenters. The molecule has 0 heterocycles. The van der Waals surface area contributed by atoms with Gasteiger partial charge in [0, 0.05) is 0 Å². The van der Waals surface area contributed by atoms with Crippen molar-refractivity contribution in [3.8, 4) is 0 Å². The lowest BCUT2D eigenvalue weighted by atomic mass is 9.84. The smallest absolute Gasteiger partial charge is 0.197 e. The third kappa shape index (κ3) is 4.66. The Morgan fingerprint density at radius 1 is 0.514 bits per heavy atom. The Kier molecular flexibility index (Phi) is 7.75. The second-order valence-corrected chi connectivity index (χ2v) is 12.8. The lowest BCUT2D eigenvalue weighted by Gasteiger charge is -2.37. The van der Waals surface area contributed by atoms with Crippen molar-refractivity contribution >= 4 is 9.84 Å². The molecule has 37 heavy (non-hydrogen) atoms. The molecular formula is C34H38O2S. The van der Waals surface area contributed by atoms with Crippen LogP contribution in [0.15, 0.2) is 108 Å². The zero-order valence-electron chi connectivity index (χ0n) is 22.8. The summed E-state index contributed by atoms with van der Waals surface area (Å²) in [7, 11) is -4.02. The molecule has 2 nitrogen and oxygen atoms in total. The predicted molar refractivity (Wildman–Crippen MR) is 155 cm³/mol. The monoisotopic (exact) mass is 510 g/mol. The van der Waals surface area contributed by atoms with Crippen LogP contribution >= 0.6 is 0 Å². The van der Waals surface area contributed by atoms with Gasteiger partial charge in [0.05, 0.1) is 4.90 Å². The van der Waals surface area contributed by atoms with E-state index in [1.807, 2.05) is 91.0 Å². The van der Waals surface area contributed by atoms with Crippen LogP contribution in [0.4, 0.5) is 0 Å². The average molecular weight is 511 g/mol. The van der Waals surface area contributed by atoms with E-state index in [9.17, 15) is 0 Å². The van der Waals surface area contributed by atoms with Gasteiger partial charge in [-0.15, -0.1) is 0 Å². The number of sulfone groups is 1. The largest absolute Gasteiger partial charge is 0.222 e. The van der Waals surface area contributed by atoms with Crippen LogP contribution in [0.3, 0.4) is 0 Å². The molecule has 4 aromatic carbocycles. The molecule has 4 rings (SSSR count). The predicted octanol–water partition coefficient (Wildman–Crippen LogP) is 8.82. The van der Waals surface area contributed by atoms with Crippen molar-refractivity contribution in [3.05, 3.63) is 137 Å². The molecule has 0 aliphatic carbocycles. The second-order valence-electron chi connectivity index (χ2n) is 10.8. The summed E-state index contributed by atoms with van der Waals surface area (Å²) in [6.45, 7) is 12.7. The number of benzene rings is 4. The van der Waals surface area contributed by atoms with Crippen molar-refractivity contribution < 1.29 is 8.42 Å². The molecule has 0 N–H and O–H groups in total. The van der Waals surface area contributed by atoms with E-state index < -0.39 is 14.6 Å². The Morgan fingerprint density at radius 2 is 0.838 bits per heavy atom. The van der Waals surface area contributed by atoms with E-state index in [1.54, 1.807) is 0 Å². The van der Waals surface area contributed by atoms with Gasteiger partial charge in [0.1, 0.15) is 0 Å². The van der Waals surface area contributed by atoms with Gasteiger partial charge >= 0.3 is 0 Å². The molecule has 3 heteroatoms. The van der Waals surface area contributed by atoms with Crippen LogP contribution in [0.25, 0.3) is 0 Å². The van der Waals surface area contributed by atoms with Gasteiger partial charge in [-0.2, -0.15) is 0 Å². The second kappa shape index (κ2) is 10.7. The van der Waals surface area contributed by atoms with E-state index in [2.05, 4.69) is 53.7 Å². The Bertz CT molecular complexity index is 1310. The Hall–Kier alpha value is -3.17. The van der Waals surface area contributed by atoms with Crippen molar-refractivity contribution in [1.29, 1.82) is 0 Å². The van der Waals surface area contributed by atoms with Crippen LogP contribution in [0.1, 0.15) is 92.7 Å². The van der Waals surface area contributed by atoms with Crippen molar-refractivity contribution in [2.75, 3.05) is 0 Å². The first-order valence-corrected chi connectivity index (χ1v) is 14.7. The summed E-state index contributed by atoms with van der Waals surface area (Å²) < 4.78 is 29.8. The summed E-state index contributed by atoms with van der Waals surface area (Å²) in [5.74, 6) is 0.385. The van der Waals surface area contributed by atoms with Crippen molar-refractivity contribution in [3.63, 3.8) is 0 Å². The van der Waals surface area contributed by atoms with Crippen molar-refractivity contribution in [1.82, 2.24) is 0 Å². The van der Waals surface area contributed by atoms with Crippen LogP contribution in [-0.2, 0) is 14.6 Å². The highest BCUT2D eigenvalue weighted by Crippen LogP contribution is 2.50. The number of hydrogen-bond acceptors (Lipinski definition) is 2. The molecule has 0 aliphatic rings. The summed E-state index contributed by atoms with van der Waals surface area (Å²) >= 11 is 0. The van der Waals surface area contributed by atoms with Gasteiger partial charge in [-0.05, 0) is 51.1 Å². The molecule has 192 valence electrons. The van der Waals surface area contributed by atoms with E-state index in [-0.39, 0.29) is 11.8 Å². The molecule has 0 fully saturated rings. The number of rotatable bonds is 8. The Morgan fingerprint density at radius 3 is 1.11 bits per heavy atom. The van der Waals surface area contributed by atoms with Gasteiger partial charge in [0.25, 0.3) is 0 Å². The molecular weight excluding hydrogens is 472 g/mol. The van der Waals surface area contributed by atoms with Crippen LogP contribution in [0.5, 0.6) is 0 Å². The van der Waals surface area contributed by atoms with E-state index >= 15 is 8.42 Å². The third-order valence-corrected chi connectivity index (χ3v) is 9.81. The summed E-state index contributed by atoms with van der Waals surface area (Å²) in [5.41, 5.74) is 5.18. The van der Waals surface area contributed by atoms with Crippen LogP contribution in [0.2, 0.25) is 0 Å². The summed E-state index contributed by atoms with van der Waals surface area (Å²) in [4.78, 5) is 0.471. The molecule has 0 aliphatic heterocycles. The molecule has 0 saturated carbocycles. The van der Waals surface area contributed by atoms with Gasteiger partial charge in [0.15, 0.2) is 14.6 Å². The molecule has 4 aromatic rings. The zero-order valence-corrected chi connectivity index (χ0v) is 23.6.